The standard InChI is InChI=1S/C38H72N2O12/c1-15-27-38(10,46)31(42)24(6)40(13)19-20(2)17-36(8,45)33(52-35-29(41)26(39(11)12)16-21(3)48-35)22(4)30(23(5)34(44)50-27)51-28-18-37(9,47-14)32(43)25(7)49-28/h20-33,35,41-43,45-46H,15-19H2,1-14H3/t20-,21?,22+,23-,24-,25?,26?,27-,28?,29?,30+,31-,32?,33-,35?,36-,37?,38-/m1/s1/i11+1D3. The fourth-order valence-corrected chi connectivity index (χ4v) is 8.61. The molecule has 0 amide bonds. The Morgan fingerprint density at radius 2 is 1.63 bits per heavy atom. The van der Waals surface area contributed by atoms with E-state index in [0.717, 1.165) is 4.90 Å². The molecular formula is C38H72N2O12. The average Bonchev–Trinajstić information content (AvgIpc) is 3.08. The van der Waals surface area contributed by atoms with Gasteiger partial charge in [0.25, 0.3) is 0 Å². The summed E-state index contributed by atoms with van der Waals surface area (Å²) in [5.74, 6) is -2.94. The quantitative estimate of drug-likeness (QED) is 0.188. The van der Waals surface area contributed by atoms with Crippen LogP contribution < -0.4 is 0 Å². The molecule has 0 aliphatic carbocycles. The molecule has 3 saturated heterocycles. The number of esters is 1. The van der Waals surface area contributed by atoms with Gasteiger partial charge in [-0.2, -0.15) is 0 Å². The lowest BCUT2D eigenvalue weighted by Crippen LogP contribution is -2.60. The van der Waals surface area contributed by atoms with Crippen molar-refractivity contribution in [3.05, 3.63) is 0 Å². The first-order valence-electron chi connectivity index (χ1n) is 20.4. The van der Waals surface area contributed by atoms with Crippen LogP contribution in [0, 0.1) is 17.8 Å². The van der Waals surface area contributed by atoms with E-state index in [9.17, 15) is 30.3 Å². The molecule has 14 heteroatoms. The van der Waals surface area contributed by atoms with Crippen molar-refractivity contribution < 1.29 is 62.9 Å². The van der Waals surface area contributed by atoms with Gasteiger partial charge in [0.05, 0.1) is 41.5 Å². The van der Waals surface area contributed by atoms with E-state index in [-0.39, 0.29) is 31.6 Å². The second kappa shape index (κ2) is 17.8. The second-order valence-corrected chi connectivity index (χ2v) is 16.8. The largest absolute Gasteiger partial charge is 0.459 e. The molecule has 306 valence electrons. The normalized spacial score (nSPS) is 50.7. The first-order chi connectivity index (χ1) is 25.1. The molecule has 0 aromatic heterocycles. The molecule has 3 heterocycles. The predicted octanol–water partition coefficient (Wildman–Crippen LogP) is 1.90. The molecule has 0 radical (unpaired) electrons. The Morgan fingerprint density at radius 1 is 1.00 bits per heavy atom. The second-order valence-electron chi connectivity index (χ2n) is 16.8. The van der Waals surface area contributed by atoms with Crippen LogP contribution in [0.4, 0.5) is 0 Å². The third-order valence-electron chi connectivity index (χ3n) is 12.0. The van der Waals surface area contributed by atoms with E-state index in [4.69, 9.17) is 32.5 Å². The Bertz CT molecular complexity index is 1250. The minimum atomic E-state index is -2.52. The number of aliphatic hydroxyl groups is 5. The molecule has 8 unspecified atom stereocenters. The molecule has 0 spiro atoms. The molecule has 0 saturated carbocycles. The minimum absolute atomic E-state index is 0.0761. The van der Waals surface area contributed by atoms with Crippen LogP contribution in [0.1, 0.15) is 99.0 Å². The van der Waals surface area contributed by atoms with Gasteiger partial charge >= 0.3 is 5.97 Å². The lowest BCUT2D eigenvalue weighted by atomic mass is 9.77. The fourth-order valence-electron chi connectivity index (χ4n) is 8.61. The third kappa shape index (κ3) is 10.0. The van der Waals surface area contributed by atoms with Crippen molar-refractivity contribution in [2.45, 2.75) is 185 Å². The maximum absolute atomic E-state index is 14.2. The maximum atomic E-state index is 14.2. The van der Waals surface area contributed by atoms with Gasteiger partial charge < -0.3 is 63.8 Å². The number of methoxy groups -OCH3 is 1. The third-order valence-corrected chi connectivity index (χ3v) is 12.0. The van der Waals surface area contributed by atoms with Gasteiger partial charge in [0.1, 0.15) is 30.0 Å². The summed E-state index contributed by atoms with van der Waals surface area (Å²) < 4.78 is 61.3. The van der Waals surface area contributed by atoms with Crippen molar-refractivity contribution in [1.29, 1.82) is 0 Å². The SMILES string of the molecule is [2H][13C]([2H])([2H])N(C)C1CC(C)OC(O[C@@H]2[C@@H](C)[C@H](OC3CC(C)(OC)C(O)C(C)O3)[C@@H](C)C(=O)O[C@H](CC)[C@@](C)(O)[C@H](O)[C@@H](C)N(C)C[C@H](C)C[C@@]2(C)O)C1O. The number of cyclic esters (lactones) is 1. The summed E-state index contributed by atoms with van der Waals surface area (Å²) in [6, 6.07) is -1.46. The Balaban J connectivity index is 2.19. The fraction of sp³-hybridized carbons (Fsp3) is 0.974. The first-order valence-corrected chi connectivity index (χ1v) is 18.9. The number of rotatable bonds is 7. The van der Waals surface area contributed by atoms with Crippen molar-refractivity contribution in [2.24, 2.45) is 17.8 Å². The monoisotopic (exact) mass is 753 g/mol. The van der Waals surface area contributed by atoms with Crippen LogP contribution in [0.2, 0.25) is 0 Å². The number of aliphatic hydroxyl groups excluding tert-OH is 3. The zero-order chi connectivity index (χ0) is 42.2. The van der Waals surface area contributed by atoms with E-state index in [2.05, 4.69) is 0 Å². The highest BCUT2D eigenvalue weighted by atomic mass is 16.7. The van der Waals surface area contributed by atoms with Gasteiger partial charge in [0.2, 0.25) is 0 Å². The summed E-state index contributed by atoms with van der Waals surface area (Å²) in [5, 5.41) is 58.3. The number of likely N-dealkylation sites (N-methyl/N-ethyl adjacent to an activating group) is 2. The molecular weight excluding hydrogens is 677 g/mol. The topological polar surface area (TPSA) is 180 Å². The van der Waals surface area contributed by atoms with Crippen LogP contribution in [0.3, 0.4) is 0 Å². The molecule has 52 heavy (non-hydrogen) atoms. The maximum Gasteiger partial charge on any atom is 0.311 e. The van der Waals surface area contributed by atoms with Crippen molar-refractivity contribution in [2.75, 3.05) is 34.7 Å². The summed E-state index contributed by atoms with van der Waals surface area (Å²) >= 11 is 0. The van der Waals surface area contributed by atoms with E-state index in [1.165, 1.54) is 21.1 Å². The summed E-state index contributed by atoms with van der Waals surface area (Å²) in [5.41, 5.74) is -4.60. The van der Waals surface area contributed by atoms with Gasteiger partial charge in [0, 0.05) is 42.2 Å². The smallest absolute Gasteiger partial charge is 0.311 e. The number of carbonyl (C=O) groups excluding carboxylic acids is 1. The molecule has 3 aliphatic rings. The van der Waals surface area contributed by atoms with Gasteiger partial charge in [-0.3, -0.25) is 4.79 Å². The van der Waals surface area contributed by atoms with Crippen molar-refractivity contribution in [3.8, 4) is 0 Å². The van der Waals surface area contributed by atoms with Crippen LogP contribution in [0.25, 0.3) is 0 Å². The van der Waals surface area contributed by atoms with Gasteiger partial charge in [0.15, 0.2) is 12.6 Å². The van der Waals surface area contributed by atoms with Gasteiger partial charge in [-0.25, -0.2) is 0 Å². The Kier molecular flexibility index (Phi) is 14.0. The Labute approximate surface area is 316 Å². The average molecular weight is 753 g/mol. The number of carbonyl (C=O) groups is 1. The highest BCUT2D eigenvalue weighted by Crippen LogP contribution is 2.40. The minimum Gasteiger partial charge on any atom is -0.459 e. The van der Waals surface area contributed by atoms with E-state index in [0.29, 0.717) is 6.54 Å². The first kappa shape index (κ1) is 40.6. The van der Waals surface area contributed by atoms with Gasteiger partial charge in [-0.15, -0.1) is 0 Å². The highest BCUT2D eigenvalue weighted by Gasteiger charge is 2.52. The summed E-state index contributed by atoms with van der Waals surface area (Å²) in [7, 11) is 4.68. The van der Waals surface area contributed by atoms with Crippen LogP contribution in [0.5, 0.6) is 0 Å². The Morgan fingerprint density at radius 3 is 2.21 bits per heavy atom. The van der Waals surface area contributed by atoms with Crippen molar-refractivity contribution in [1.82, 2.24) is 9.80 Å². The summed E-state index contributed by atoms with van der Waals surface area (Å²) in [6.45, 7) is 14.9. The molecule has 18 atom stereocenters. The summed E-state index contributed by atoms with van der Waals surface area (Å²) in [6.07, 6.45) is -10.2. The molecule has 5 N–H and O–H groups in total. The molecule has 3 rings (SSSR count). The molecule has 3 aliphatic heterocycles. The van der Waals surface area contributed by atoms with Crippen molar-refractivity contribution in [3.63, 3.8) is 0 Å². The zero-order valence-electron chi connectivity index (χ0n) is 36.7. The molecule has 14 nitrogen and oxygen atoms in total. The van der Waals surface area contributed by atoms with E-state index in [1.807, 2.05) is 11.8 Å². The number of ether oxygens (including phenoxy) is 6. The van der Waals surface area contributed by atoms with Crippen LogP contribution in [0.15, 0.2) is 0 Å². The highest BCUT2D eigenvalue weighted by molar-refractivity contribution is 5.73. The van der Waals surface area contributed by atoms with E-state index >= 15 is 0 Å². The number of nitrogens with zero attached hydrogens (tertiary/aromatic N) is 2. The zero-order valence-corrected chi connectivity index (χ0v) is 33.7. The number of hydrogen-bond donors (Lipinski definition) is 5. The van der Waals surface area contributed by atoms with E-state index in [1.54, 1.807) is 62.4 Å². The lowest BCUT2D eigenvalue weighted by molar-refractivity contribution is -0.318. The molecule has 0 aromatic carbocycles. The predicted molar refractivity (Wildman–Crippen MR) is 194 cm³/mol. The van der Waals surface area contributed by atoms with Crippen LogP contribution >= 0.6 is 0 Å². The molecule has 3 fully saturated rings. The van der Waals surface area contributed by atoms with E-state index < -0.39 is 115 Å². The van der Waals surface area contributed by atoms with Crippen LogP contribution in [-0.2, 0) is 33.2 Å². The summed E-state index contributed by atoms with van der Waals surface area (Å²) in [4.78, 5) is 17.2. The van der Waals surface area contributed by atoms with Crippen LogP contribution in [-0.4, -0.2) is 166 Å². The number of hydrogen-bond acceptors (Lipinski definition) is 14. The molecule has 0 aromatic rings. The van der Waals surface area contributed by atoms with Crippen molar-refractivity contribution >= 4 is 5.97 Å². The Hall–Kier alpha value is -1.01. The lowest BCUT2D eigenvalue weighted by Gasteiger charge is -2.48. The van der Waals surface area contributed by atoms with Gasteiger partial charge in [-0.1, -0.05) is 20.8 Å². The van der Waals surface area contributed by atoms with Gasteiger partial charge in [-0.05, 0) is 94.7 Å². The molecule has 0 bridgehead atoms.